The first kappa shape index (κ1) is 14.4. The highest BCUT2D eigenvalue weighted by Crippen LogP contribution is 2.21. The number of carbonyl (C=O) groups excluding carboxylic acids is 1. The summed E-state index contributed by atoms with van der Waals surface area (Å²) in [6.07, 6.45) is 2.81. The van der Waals surface area contributed by atoms with Crippen LogP contribution in [-0.2, 0) is 4.79 Å². The number of carbonyl (C=O) groups is 1. The van der Waals surface area contributed by atoms with Crippen LogP contribution in [0.2, 0.25) is 0 Å². The number of hydrogen-bond donors (Lipinski definition) is 1. The molecule has 0 bridgehead atoms. The van der Waals surface area contributed by atoms with Crippen LogP contribution in [-0.4, -0.2) is 20.7 Å². The largest absolute Gasteiger partial charge is 0.435 e. The van der Waals surface area contributed by atoms with Crippen LogP contribution in [0.25, 0.3) is 0 Å². The van der Waals surface area contributed by atoms with Crippen molar-refractivity contribution in [1.82, 2.24) is 9.97 Å². The predicted octanol–water partition coefficient (Wildman–Crippen LogP) is 3.13. The molecule has 1 atom stereocenters. The van der Waals surface area contributed by atoms with Crippen molar-refractivity contribution in [1.29, 1.82) is 0 Å². The van der Waals surface area contributed by atoms with Crippen LogP contribution < -0.4 is 10.1 Å². The summed E-state index contributed by atoms with van der Waals surface area (Å²) in [6.45, 7) is 1.71. The van der Waals surface area contributed by atoms with Crippen molar-refractivity contribution >= 4 is 27.7 Å². The number of alkyl halides is 1. The second kappa shape index (κ2) is 6.42. The Morgan fingerprint density at radius 2 is 2.20 bits per heavy atom. The van der Waals surface area contributed by atoms with E-state index in [-0.39, 0.29) is 16.6 Å². The summed E-state index contributed by atoms with van der Waals surface area (Å²) in [5, 5.41) is 2.60. The van der Waals surface area contributed by atoms with Crippen LogP contribution >= 0.6 is 15.9 Å². The SMILES string of the molecule is CC(Br)C(=O)Nc1ccc(Oc2ncccc2F)cn1. The molecule has 1 N–H and O–H groups in total. The number of halogens is 2. The Morgan fingerprint density at radius 3 is 2.80 bits per heavy atom. The lowest BCUT2D eigenvalue weighted by molar-refractivity contribution is -0.115. The van der Waals surface area contributed by atoms with Crippen molar-refractivity contribution < 1.29 is 13.9 Å². The third kappa shape index (κ3) is 3.74. The molecule has 1 unspecified atom stereocenters. The molecule has 20 heavy (non-hydrogen) atoms. The molecule has 0 aliphatic rings. The van der Waals surface area contributed by atoms with Gasteiger partial charge in [0, 0.05) is 6.20 Å². The lowest BCUT2D eigenvalue weighted by atomic mass is 10.4. The van der Waals surface area contributed by atoms with E-state index >= 15 is 0 Å². The molecule has 2 heterocycles. The van der Waals surface area contributed by atoms with Crippen LogP contribution in [0.3, 0.4) is 0 Å². The van der Waals surface area contributed by atoms with Gasteiger partial charge in [0.1, 0.15) is 11.6 Å². The van der Waals surface area contributed by atoms with Gasteiger partial charge in [0.2, 0.25) is 5.91 Å². The summed E-state index contributed by atoms with van der Waals surface area (Å²) >= 11 is 3.15. The summed E-state index contributed by atoms with van der Waals surface area (Å²) < 4.78 is 18.6. The maximum absolute atomic E-state index is 13.3. The average molecular weight is 340 g/mol. The minimum atomic E-state index is -0.557. The number of aromatic nitrogens is 2. The second-order valence-corrected chi connectivity index (χ2v) is 5.25. The van der Waals surface area contributed by atoms with Gasteiger partial charge in [-0.05, 0) is 31.2 Å². The van der Waals surface area contributed by atoms with Crippen LogP contribution in [0.5, 0.6) is 11.6 Å². The topological polar surface area (TPSA) is 64.1 Å². The molecule has 2 rings (SSSR count). The molecule has 104 valence electrons. The predicted molar refractivity (Wildman–Crippen MR) is 75.5 cm³/mol. The highest BCUT2D eigenvalue weighted by Gasteiger charge is 2.10. The molecule has 0 aromatic carbocycles. The van der Waals surface area contributed by atoms with Gasteiger partial charge in [-0.2, -0.15) is 0 Å². The maximum Gasteiger partial charge on any atom is 0.255 e. The highest BCUT2D eigenvalue weighted by molar-refractivity contribution is 9.10. The molecule has 2 aromatic rings. The Balaban J connectivity index is 2.05. The number of anilines is 1. The highest BCUT2D eigenvalue weighted by atomic mass is 79.9. The molecule has 5 nitrogen and oxygen atoms in total. The number of ether oxygens (including phenoxy) is 1. The van der Waals surface area contributed by atoms with Crippen molar-refractivity contribution in [3.05, 3.63) is 42.5 Å². The van der Waals surface area contributed by atoms with Gasteiger partial charge in [0.15, 0.2) is 5.82 Å². The summed E-state index contributed by atoms with van der Waals surface area (Å²) in [7, 11) is 0. The van der Waals surface area contributed by atoms with Gasteiger partial charge in [-0.25, -0.2) is 14.4 Å². The molecule has 7 heteroatoms. The number of hydrogen-bond acceptors (Lipinski definition) is 4. The Hall–Kier alpha value is -2.02. The third-order valence-corrected chi connectivity index (χ3v) is 2.70. The molecular formula is C13H11BrFN3O2. The molecule has 0 aliphatic heterocycles. The first-order chi connectivity index (χ1) is 9.56. The van der Waals surface area contributed by atoms with Gasteiger partial charge in [0.05, 0.1) is 11.0 Å². The number of pyridine rings is 2. The Bertz CT molecular complexity index is 605. The lowest BCUT2D eigenvalue weighted by Crippen LogP contribution is -2.20. The Labute approximate surface area is 123 Å². The zero-order valence-electron chi connectivity index (χ0n) is 10.5. The van der Waals surface area contributed by atoms with E-state index in [2.05, 4.69) is 31.2 Å². The van der Waals surface area contributed by atoms with Gasteiger partial charge < -0.3 is 10.1 Å². The van der Waals surface area contributed by atoms with E-state index in [0.29, 0.717) is 11.6 Å². The third-order valence-electron chi connectivity index (χ3n) is 2.29. The molecule has 0 saturated heterocycles. The van der Waals surface area contributed by atoms with Crippen LogP contribution in [0.1, 0.15) is 6.92 Å². The van der Waals surface area contributed by atoms with E-state index in [1.165, 1.54) is 24.5 Å². The summed E-state index contributed by atoms with van der Waals surface area (Å²) in [5.41, 5.74) is 0. The fourth-order valence-corrected chi connectivity index (χ4v) is 1.41. The number of nitrogens with zero attached hydrogens (tertiary/aromatic N) is 2. The second-order valence-electron chi connectivity index (χ2n) is 3.88. The Morgan fingerprint density at radius 1 is 1.40 bits per heavy atom. The van der Waals surface area contributed by atoms with Crippen molar-refractivity contribution in [2.24, 2.45) is 0 Å². The zero-order valence-corrected chi connectivity index (χ0v) is 12.1. The minimum absolute atomic E-state index is 0.125. The van der Waals surface area contributed by atoms with Gasteiger partial charge in [-0.1, -0.05) is 15.9 Å². The molecule has 1 amide bonds. The van der Waals surface area contributed by atoms with Crippen molar-refractivity contribution in [2.75, 3.05) is 5.32 Å². The lowest BCUT2D eigenvalue weighted by Gasteiger charge is -2.07. The van der Waals surface area contributed by atoms with Gasteiger partial charge in [-0.15, -0.1) is 0 Å². The van der Waals surface area contributed by atoms with Crippen LogP contribution in [0.15, 0.2) is 36.7 Å². The van der Waals surface area contributed by atoms with E-state index in [0.717, 1.165) is 0 Å². The fraction of sp³-hybridized carbons (Fsp3) is 0.154. The van der Waals surface area contributed by atoms with Crippen LogP contribution in [0.4, 0.5) is 10.2 Å². The normalized spacial score (nSPS) is 11.8. The van der Waals surface area contributed by atoms with E-state index in [9.17, 15) is 9.18 Å². The van der Waals surface area contributed by atoms with Gasteiger partial charge in [0.25, 0.3) is 5.88 Å². The van der Waals surface area contributed by atoms with E-state index in [1.807, 2.05) is 0 Å². The standard InChI is InChI=1S/C13H11BrFN3O2/c1-8(14)12(19)18-11-5-4-9(7-17-11)20-13-10(15)3-2-6-16-13/h2-8H,1H3,(H,17,18,19). The number of amides is 1. The van der Waals surface area contributed by atoms with Gasteiger partial charge >= 0.3 is 0 Å². The molecule has 0 radical (unpaired) electrons. The molecular weight excluding hydrogens is 329 g/mol. The molecule has 2 aromatic heterocycles. The number of rotatable bonds is 4. The first-order valence-corrected chi connectivity index (χ1v) is 6.67. The fourth-order valence-electron chi connectivity index (χ4n) is 1.30. The van der Waals surface area contributed by atoms with E-state index < -0.39 is 5.82 Å². The Kier molecular flexibility index (Phi) is 4.62. The van der Waals surface area contributed by atoms with E-state index in [1.54, 1.807) is 19.1 Å². The quantitative estimate of drug-likeness (QED) is 0.869. The summed E-state index contributed by atoms with van der Waals surface area (Å²) in [4.78, 5) is 18.9. The average Bonchev–Trinajstić information content (AvgIpc) is 2.43. The van der Waals surface area contributed by atoms with Crippen molar-refractivity contribution in [2.45, 2.75) is 11.8 Å². The minimum Gasteiger partial charge on any atom is -0.435 e. The van der Waals surface area contributed by atoms with Gasteiger partial charge in [-0.3, -0.25) is 4.79 Å². The van der Waals surface area contributed by atoms with Crippen molar-refractivity contribution in [3.63, 3.8) is 0 Å². The summed E-state index contributed by atoms with van der Waals surface area (Å²) in [5.74, 6) is -0.178. The number of nitrogens with one attached hydrogen (secondary N) is 1. The maximum atomic E-state index is 13.3. The molecule has 0 saturated carbocycles. The summed E-state index contributed by atoms with van der Waals surface area (Å²) in [6, 6.07) is 5.85. The zero-order chi connectivity index (χ0) is 14.5. The van der Waals surface area contributed by atoms with E-state index in [4.69, 9.17) is 4.74 Å². The molecule has 0 spiro atoms. The smallest absolute Gasteiger partial charge is 0.255 e. The first-order valence-electron chi connectivity index (χ1n) is 5.75. The van der Waals surface area contributed by atoms with Crippen LogP contribution in [0, 0.1) is 5.82 Å². The monoisotopic (exact) mass is 339 g/mol. The molecule has 0 fully saturated rings. The van der Waals surface area contributed by atoms with Crippen molar-refractivity contribution in [3.8, 4) is 11.6 Å². The molecule has 0 aliphatic carbocycles.